The standard InChI is InChI=1S/C25H18F4N4O/c1-25(2)15(20(32-3)24(34-25)13(9-30)10-31)7-6-14-16(26)18(28)23(19(29)17(14)27)33-21-11-4-5-12(8-11)22(21)33/h6-7,11-12,21-22H,4-5,8H2,1-2H3. The summed E-state index contributed by atoms with van der Waals surface area (Å²) < 4.78 is 65.6. The van der Waals surface area contributed by atoms with Crippen LogP contribution in [0.15, 0.2) is 28.7 Å². The van der Waals surface area contributed by atoms with Crippen LogP contribution in [0.5, 0.6) is 0 Å². The maximum atomic E-state index is 15.0. The second kappa shape index (κ2) is 7.37. The molecule has 5 nitrogen and oxygen atoms in total. The zero-order chi connectivity index (χ0) is 24.5. The van der Waals surface area contributed by atoms with Gasteiger partial charge in [0.1, 0.15) is 23.4 Å². The van der Waals surface area contributed by atoms with Crippen molar-refractivity contribution in [2.45, 2.75) is 50.8 Å². The third-order valence-corrected chi connectivity index (χ3v) is 7.37. The van der Waals surface area contributed by atoms with Crippen LogP contribution in [0, 0.1) is 64.3 Å². The molecule has 0 radical (unpaired) electrons. The Kier molecular flexibility index (Phi) is 4.78. The van der Waals surface area contributed by atoms with Crippen LogP contribution in [0.25, 0.3) is 10.9 Å². The van der Waals surface area contributed by atoms with Gasteiger partial charge in [-0.3, -0.25) is 0 Å². The second-order valence-electron chi connectivity index (χ2n) is 9.49. The lowest BCUT2D eigenvalue weighted by Gasteiger charge is -2.21. The van der Waals surface area contributed by atoms with Gasteiger partial charge in [-0.2, -0.15) is 10.5 Å². The molecular weight excluding hydrogens is 448 g/mol. The molecule has 4 atom stereocenters. The molecule has 2 heterocycles. The van der Waals surface area contributed by atoms with Crippen LogP contribution in [0.1, 0.15) is 38.7 Å². The zero-order valence-electron chi connectivity index (χ0n) is 18.3. The number of halogens is 4. The van der Waals surface area contributed by atoms with E-state index in [1.807, 2.05) is 0 Å². The Morgan fingerprint density at radius 3 is 2.09 bits per heavy atom. The summed E-state index contributed by atoms with van der Waals surface area (Å²) in [6.07, 6.45) is 4.89. The molecule has 1 saturated heterocycles. The first-order chi connectivity index (χ1) is 16.2. The summed E-state index contributed by atoms with van der Waals surface area (Å²) in [4.78, 5) is 4.78. The quantitative estimate of drug-likeness (QED) is 0.193. The molecule has 0 amide bonds. The summed E-state index contributed by atoms with van der Waals surface area (Å²) in [5.41, 5.74) is -3.31. The van der Waals surface area contributed by atoms with Gasteiger partial charge < -0.3 is 9.64 Å². The van der Waals surface area contributed by atoms with Crippen LogP contribution in [0.4, 0.5) is 23.2 Å². The van der Waals surface area contributed by atoms with Crippen LogP contribution >= 0.6 is 0 Å². The first kappa shape index (κ1) is 22.0. The van der Waals surface area contributed by atoms with E-state index in [0.717, 1.165) is 31.4 Å². The maximum Gasteiger partial charge on any atom is 0.237 e. The summed E-state index contributed by atoms with van der Waals surface area (Å²) in [5.74, 6) is -5.56. The molecule has 172 valence electrons. The van der Waals surface area contributed by atoms with Crippen molar-refractivity contribution in [3.05, 3.63) is 68.9 Å². The predicted octanol–water partition coefficient (Wildman–Crippen LogP) is 5.53. The van der Waals surface area contributed by atoms with E-state index in [1.165, 1.54) is 18.7 Å². The fraction of sp³-hybridized carbons (Fsp3) is 0.400. The number of benzene rings is 1. The number of hydrogen-bond acceptors (Lipinski definition) is 4. The monoisotopic (exact) mass is 466 g/mol. The van der Waals surface area contributed by atoms with Gasteiger partial charge in [-0.25, -0.2) is 22.4 Å². The van der Waals surface area contributed by atoms with E-state index in [-0.39, 0.29) is 29.1 Å². The molecule has 2 aliphatic carbocycles. The molecular formula is C25H18F4N4O. The minimum atomic E-state index is -1.52. The van der Waals surface area contributed by atoms with Crippen LogP contribution < -0.4 is 4.90 Å². The highest BCUT2D eigenvalue weighted by molar-refractivity contribution is 5.68. The van der Waals surface area contributed by atoms with Crippen LogP contribution in [0.2, 0.25) is 0 Å². The van der Waals surface area contributed by atoms with E-state index in [0.29, 0.717) is 11.8 Å². The molecule has 2 saturated carbocycles. The molecule has 1 aromatic rings. The number of fused-ring (bicyclic) bond motifs is 5. The summed E-state index contributed by atoms with van der Waals surface area (Å²) >= 11 is 0. The molecule has 5 rings (SSSR count). The second-order valence-corrected chi connectivity index (χ2v) is 9.49. The average Bonchev–Trinajstić information content (AvgIpc) is 3.09. The molecule has 3 fully saturated rings. The van der Waals surface area contributed by atoms with Crippen molar-refractivity contribution >= 4 is 11.8 Å². The lowest BCUT2D eigenvalue weighted by Crippen LogP contribution is -2.20. The van der Waals surface area contributed by atoms with Gasteiger partial charge in [0, 0.05) is 5.57 Å². The number of nitriles is 2. The van der Waals surface area contributed by atoms with E-state index in [4.69, 9.17) is 21.8 Å². The number of nitrogens with zero attached hydrogens (tertiary/aromatic N) is 4. The molecule has 34 heavy (non-hydrogen) atoms. The summed E-state index contributed by atoms with van der Waals surface area (Å²) in [6, 6.07) is 3.15. The molecule has 2 aliphatic heterocycles. The zero-order valence-corrected chi connectivity index (χ0v) is 18.3. The average molecular weight is 466 g/mol. The van der Waals surface area contributed by atoms with Gasteiger partial charge in [-0.05, 0) is 51.0 Å². The maximum absolute atomic E-state index is 15.0. The van der Waals surface area contributed by atoms with E-state index in [9.17, 15) is 8.78 Å². The van der Waals surface area contributed by atoms with Crippen LogP contribution in [-0.2, 0) is 4.74 Å². The predicted molar refractivity (Wildman–Crippen MR) is 113 cm³/mol. The molecule has 4 unspecified atom stereocenters. The van der Waals surface area contributed by atoms with Gasteiger partial charge >= 0.3 is 0 Å². The Morgan fingerprint density at radius 2 is 1.59 bits per heavy atom. The van der Waals surface area contributed by atoms with Crippen molar-refractivity contribution in [1.82, 2.24) is 0 Å². The third kappa shape index (κ3) is 2.88. The minimum absolute atomic E-state index is 0.0644. The largest absolute Gasteiger partial charge is 0.493 e. The van der Waals surface area contributed by atoms with Crippen LogP contribution in [-0.4, -0.2) is 17.7 Å². The highest BCUT2D eigenvalue weighted by Crippen LogP contribution is 2.60. The number of piperidine rings is 1. The Bertz CT molecular complexity index is 1290. The topological polar surface area (TPSA) is 64.2 Å². The van der Waals surface area contributed by atoms with Crippen molar-refractivity contribution in [3.8, 4) is 12.1 Å². The number of rotatable bonds is 3. The number of hydrogen-bond donors (Lipinski definition) is 0. The molecule has 2 bridgehead atoms. The highest BCUT2D eigenvalue weighted by Gasteiger charge is 2.65. The first-order valence-corrected chi connectivity index (χ1v) is 10.8. The van der Waals surface area contributed by atoms with Gasteiger partial charge in [-0.1, -0.05) is 6.08 Å². The molecule has 0 N–H and O–H groups in total. The van der Waals surface area contributed by atoms with Crippen LogP contribution in [0.3, 0.4) is 0 Å². The molecule has 1 aromatic carbocycles. The molecule has 9 heteroatoms. The number of ether oxygens (including phenoxy) is 1. The van der Waals surface area contributed by atoms with E-state index in [2.05, 4.69) is 4.85 Å². The van der Waals surface area contributed by atoms with Crippen molar-refractivity contribution < 1.29 is 22.3 Å². The van der Waals surface area contributed by atoms with E-state index in [1.54, 1.807) is 12.1 Å². The Morgan fingerprint density at radius 1 is 1.03 bits per heavy atom. The number of anilines is 1. The molecule has 0 spiro atoms. The number of allylic oxidation sites excluding steroid dienone is 1. The molecule has 0 aromatic heterocycles. The molecule has 4 aliphatic rings. The SMILES string of the molecule is [C-]#[N+]C1=C(C=Cc2c(F)c(F)c(N3C4C5CCC(C5)C43)c(F)c2F)C(C)(C)OC1=C(C#N)C#N. The summed E-state index contributed by atoms with van der Waals surface area (Å²) in [6.45, 7) is 10.5. The van der Waals surface area contributed by atoms with Crippen molar-refractivity contribution in [1.29, 1.82) is 10.5 Å². The Labute approximate surface area is 193 Å². The van der Waals surface area contributed by atoms with Gasteiger partial charge in [0.15, 0.2) is 34.6 Å². The van der Waals surface area contributed by atoms with Crippen molar-refractivity contribution in [2.75, 3.05) is 4.90 Å². The smallest absolute Gasteiger partial charge is 0.237 e. The Hall–Kier alpha value is -3.77. The van der Waals surface area contributed by atoms with Gasteiger partial charge in [0.25, 0.3) is 0 Å². The summed E-state index contributed by atoms with van der Waals surface area (Å²) in [5, 5.41) is 18.3. The van der Waals surface area contributed by atoms with E-state index >= 15 is 8.78 Å². The fourth-order valence-electron chi connectivity index (χ4n) is 5.88. The lowest BCUT2D eigenvalue weighted by atomic mass is 9.96. The fourth-order valence-corrected chi connectivity index (χ4v) is 5.88. The normalized spacial score (nSPS) is 28.0. The van der Waals surface area contributed by atoms with Crippen molar-refractivity contribution in [3.63, 3.8) is 0 Å². The van der Waals surface area contributed by atoms with E-state index < -0.39 is 45.7 Å². The third-order valence-electron chi connectivity index (χ3n) is 7.37. The van der Waals surface area contributed by atoms with Gasteiger partial charge in [-0.15, -0.1) is 0 Å². The lowest BCUT2D eigenvalue weighted by molar-refractivity contribution is 0.0954. The Balaban J connectivity index is 1.56. The highest BCUT2D eigenvalue weighted by atomic mass is 19.2. The minimum Gasteiger partial charge on any atom is -0.493 e. The van der Waals surface area contributed by atoms with Gasteiger partial charge in [0.2, 0.25) is 5.70 Å². The van der Waals surface area contributed by atoms with Gasteiger partial charge in [0.05, 0.1) is 24.2 Å². The van der Waals surface area contributed by atoms with Crippen molar-refractivity contribution in [2.24, 2.45) is 11.8 Å². The summed E-state index contributed by atoms with van der Waals surface area (Å²) in [7, 11) is 0. The first-order valence-electron chi connectivity index (χ1n) is 10.8.